The third kappa shape index (κ3) is 3.66. The quantitative estimate of drug-likeness (QED) is 0.380. The number of ether oxygens (including phenoxy) is 1. The molecule has 1 unspecified atom stereocenters. The van der Waals surface area contributed by atoms with Crippen molar-refractivity contribution in [2.45, 2.75) is 6.04 Å². The van der Waals surface area contributed by atoms with Crippen LogP contribution in [0, 0.1) is 11.6 Å². The number of methoxy groups -OCH3 is 1. The van der Waals surface area contributed by atoms with Gasteiger partial charge in [-0.3, -0.25) is 14.5 Å². The van der Waals surface area contributed by atoms with Gasteiger partial charge in [0.1, 0.15) is 23.1 Å². The number of nitrogens with zero attached hydrogens (tertiary/aromatic N) is 1. The van der Waals surface area contributed by atoms with Crippen LogP contribution in [-0.2, 0) is 9.59 Å². The molecule has 4 rings (SSSR count). The zero-order chi connectivity index (χ0) is 22.1. The van der Waals surface area contributed by atoms with Crippen molar-refractivity contribution in [1.82, 2.24) is 0 Å². The lowest BCUT2D eigenvalue weighted by molar-refractivity contribution is -0.132. The Hall–Kier alpha value is -4.00. The average molecular weight is 421 g/mol. The van der Waals surface area contributed by atoms with Crippen molar-refractivity contribution in [2.75, 3.05) is 12.0 Å². The molecule has 1 amide bonds. The minimum absolute atomic E-state index is 0.175. The lowest BCUT2D eigenvalue weighted by Crippen LogP contribution is -2.29. The molecule has 1 N–H and O–H groups in total. The first kappa shape index (κ1) is 20.3. The summed E-state index contributed by atoms with van der Waals surface area (Å²) in [4.78, 5) is 27.2. The van der Waals surface area contributed by atoms with Gasteiger partial charge in [-0.25, -0.2) is 8.78 Å². The highest BCUT2D eigenvalue weighted by atomic mass is 19.1. The fourth-order valence-corrected chi connectivity index (χ4v) is 3.58. The predicted octanol–water partition coefficient (Wildman–Crippen LogP) is 4.60. The summed E-state index contributed by atoms with van der Waals surface area (Å²) in [5.74, 6) is -2.73. The molecule has 1 saturated heterocycles. The maximum absolute atomic E-state index is 13.5. The number of rotatable bonds is 4. The minimum atomic E-state index is -1.02. The molecule has 3 aromatic carbocycles. The first-order valence-electron chi connectivity index (χ1n) is 9.37. The lowest BCUT2D eigenvalue weighted by atomic mass is 9.95. The van der Waals surface area contributed by atoms with E-state index >= 15 is 0 Å². The van der Waals surface area contributed by atoms with Crippen LogP contribution in [0.2, 0.25) is 0 Å². The predicted molar refractivity (Wildman–Crippen MR) is 111 cm³/mol. The monoisotopic (exact) mass is 421 g/mol. The Morgan fingerprint density at radius 2 is 1.55 bits per heavy atom. The number of carbonyl (C=O) groups excluding carboxylic acids is 2. The van der Waals surface area contributed by atoms with E-state index in [9.17, 15) is 23.5 Å². The van der Waals surface area contributed by atoms with Gasteiger partial charge in [0.15, 0.2) is 0 Å². The summed E-state index contributed by atoms with van der Waals surface area (Å²) < 4.78 is 32.1. The summed E-state index contributed by atoms with van der Waals surface area (Å²) in [6.45, 7) is 0. The smallest absolute Gasteiger partial charge is 0.300 e. The second kappa shape index (κ2) is 8.02. The number of benzene rings is 3. The maximum atomic E-state index is 13.5. The molecular formula is C24H17F2NO4. The molecular weight excluding hydrogens is 404 g/mol. The summed E-state index contributed by atoms with van der Waals surface area (Å²) in [5.41, 5.74) is 0.796. The zero-order valence-corrected chi connectivity index (χ0v) is 16.4. The van der Waals surface area contributed by atoms with E-state index in [1.165, 1.54) is 48.4 Å². The lowest BCUT2D eigenvalue weighted by Gasteiger charge is -2.25. The molecule has 1 aliphatic rings. The molecule has 1 fully saturated rings. The molecule has 1 aliphatic heterocycles. The van der Waals surface area contributed by atoms with Crippen LogP contribution in [0.3, 0.4) is 0 Å². The second-order valence-corrected chi connectivity index (χ2v) is 6.93. The van der Waals surface area contributed by atoms with Crippen molar-refractivity contribution in [1.29, 1.82) is 0 Å². The van der Waals surface area contributed by atoms with Gasteiger partial charge in [-0.2, -0.15) is 0 Å². The average Bonchev–Trinajstić information content (AvgIpc) is 3.05. The maximum Gasteiger partial charge on any atom is 0.300 e. The second-order valence-electron chi connectivity index (χ2n) is 6.93. The molecule has 5 nitrogen and oxygen atoms in total. The molecule has 1 atom stereocenters. The van der Waals surface area contributed by atoms with E-state index in [0.29, 0.717) is 17.0 Å². The number of ketones is 1. The molecule has 7 heteroatoms. The van der Waals surface area contributed by atoms with Crippen LogP contribution < -0.4 is 9.64 Å². The molecule has 0 saturated carbocycles. The first-order valence-corrected chi connectivity index (χ1v) is 9.37. The molecule has 1 heterocycles. The van der Waals surface area contributed by atoms with Crippen molar-refractivity contribution < 1.29 is 28.2 Å². The highest BCUT2D eigenvalue weighted by Gasteiger charge is 2.47. The standard InChI is InChI=1S/C24H17F2NO4/c1-31-19-4-2-3-18(13-19)27-21(14-5-9-16(25)10-6-14)20(23(29)24(27)30)22(28)15-7-11-17(26)12-8-15/h2-13,21,28H,1H3/b22-20+. The van der Waals surface area contributed by atoms with E-state index in [-0.39, 0.29) is 11.1 Å². The Balaban J connectivity index is 1.94. The van der Waals surface area contributed by atoms with Crippen LogP contribution in [0.5, 0.6) is 5.75 Å². The minimum Gasteiger partial charge on any atom is -0.507 e. The van der Waals surface area contributed by atoms with Gasteiger partial charge >= 0.3 is 0 Å². The van der Waals surface area contributed by atoms with Crippen molar-refractivity contribution in [3.8, 4) is 5.75 Å². The van der Waals surface area contributed by atoms with Crippen molar-refractivity contribution in [2.24, 2.45) is 0 Å². The molecule has 0 aliphatic carbocycles. The number of hydrogen-bond acceptors (Lipinski definition) is 4. The first-order chi connectivity index (χ1) is 14.9. The van der Waals surface area contributed by atoms with Crippen LogP contribution in [0.4, 0.5) is 14.5 Å². The van der Waals surface area contributed by atoms with E-state index in [1.807, 2.05) is 0 Å². The molecule has 156 valence electrons. The highest BCUT2D eigenvalue weighted by molar-refractivity contribution is 6.51. The third-order valence-electron chi connectivity index (χ3n) is 5.08. The van der Waals surface area contributed by atoms with Crippen LogP contribution in [0.25, 0.3) is 5.76 Å². The number of aliphatic hydroxyl groups excluding tert-OH is 1. The third-order valence-corrected chi connectivity index (χ3v) is 5.08. The summed E-state index contributed by atoms with van der Waals surface area (Å²) >= 11 is 0. The Kier molecular flexibility index (Phi) is 5.25. The fraction of sp³-hybridized carbons (Fsp3) is 0.0833. The van der Waals surface area contributed by atoms with Gasteiger partial charge in [0.2, 0.25) is 0 Å². The Bertz CT molecular complexity index is 1190. The number of aliphatic hydroxyl groups is 1. The van der Waals surface area contributed by atoms with Crippen molar-refractivity contribution in [3.63, 3.8) is 0 Å². The number of hydrogen-bond donors (Lipinski definition) is 1. The molecule has 0 radical (unpaired) electrons. The number of amides is 1. The largest absolute Gasteiger partial charge is 0.507 e. The highest BCUT2D eigenvalue weighted by Crippen LogP contribution is 2.42. The summed E-state index contributed by atoms with van der Waals surface area (Å²) in [7, 11) is 1.47. The number of Topliss-reactive ketones (excluding diaryl/α,β-unsaturated/α-hetero) is 1. The van der Waals surface area contributed by atoms with Crippen LogP contribution in [0.15, 0.2) is 78.4 Å². The van der Waals surface area contributed by atoms with Gasteiger partial charge in [-0.05, 0) is 54.1 Å². The van der Waals surface area contributed by atoms with Gasteiger partial charge in [-0.15, -0.1) is 0 Å². The number of anilines is 1. The summed E-state index contributed by atoms with van der Waals surface area (Å²) in [6, 6.07) is 15.7. The van der Waals surface area contributed by atoms with E-state index in [1.54, 1.807) is 24.3 Å². The molecule has 0 aromatic heterocycles. The zero-order valence-electron chi connectivity index (χ0n) is 16.4. The molecule has 3 aromatic rings. The Morgan fingerprint density at radius 1 is 0.935 bits per heavy atom. The van der Waals surface area contributed by atoms with Crippen LogP contribution in [0.1, 0.15) is 17.2 Å². The number of halogens is 2. The molecule has 0 spiro atoms. The van der Waals surface area contributed by atoms with E-state index in [0.717, 1.165) is 12.1 Å². The van der Waals surface area contributed by atoms with Crippen LogP contribution in [-0.4, -0.2) is 23.9 Å². The van der Waals surface area contributed by atoms with Gasteiger partial charge in [0.05, 0.1) is 18.7 Å². The summed E-state index contributed by atoms with van der Waals surface area (Å²) in [5, 5.41) is 10.9. The van der Waals surface area contributed by atoms with Gasteiger partial charge in [0.25, 0.3) is 11.7 Å². The Labute approximate surface area is 176 Å². The number of carbonyl (C=O) groups is 2. The van der Waals surface area contributed by atoms with Gasteiger partial charge in [-0.1, -0.05) is 18.2 Å². The fourth-order valence-electron chi connectivity index (χ4n) is 3.58. The summed E-state index contributed by atoms with van der Waals surface area (Å²) in [6.07, 6.45) is 0. The molecule has 0 bridgehead atoms. The topological polar surface area (TPSA) is 66.8 Å². The van der Waals surface area contributed by atoms with E-state index < -0.39 is 35.1 Å². The van der Waals surface area contributed by atoms with E-state index in [2.05, 4.69) is 0 Å². The van der Waals surface area contributed by atoms with Gasteiger partial charge in [0, 0.05) is 17.3 Å². The van der Waals surface area contributed by atoms with Crippen molar-refractivity contribution >= 4 is 23.1 Å². The van der Waals surface area contributed by atoms with Crippen LogP contribution >= 0.6 is 0 Å². The van der Waals surface area contributed by atoms with E-state index in [4.69, 9.17) is 4.74 Å². The van der Waals surface area contributed by atoms with Gasteiger partial charge < -0.3 is 9.84 Å². The molecule has 31 heavy (non-hydrogen) atoms. The van der Waals surface area contributed by atoms with Crippen molar-refractivity contribution in [3.05, 3.63) is 101 Å². The normalized spacial score (nSPS) is 17.8. The Morgan fingerprint density at radius 3 is 2.16 bits per heavy atom. The SMILES string of the molecule is COc1cccc(N2C(=O)C(=O)/C(=C(/O)c3ccc(F)cc3)C2c2ccc(F)cc2)c1.